The summed E-state index contributed by atoms with van der Waals surface area (Å²) in [6.45, 7) is 2.62. The Labute approximate surface area is 96.8 Å². The summed E-state index contributed by atoms with van der Waals surface area (Å²) in [5.41, 5.74) is 4.64. The number of nitrogens with zero attached hydrogens (tertiary/aromatic N) is 2. The van der Waals surface area contributed by atoms with E-state index >= 15 is 0 Å². The van der Waals surface area contributed by atoms with Gasteiger partial charge < -0.3 is 5.73 Å². The monoisotopic (exact) mass is 251 g/mol. The Bertz CT molecular complexity index is 419. The lowest BCUT2D eigenvalue weighted by atomic mass is 10.1. The van der Waals surface area contributed by atoms with E-state index in [-0.39, 0.29) is 6.04 Å². The fraction of sp³-hybridized carbons (Fsp3) is 0.700. The molecule has 1 aromatic heterocycles. The second kappa shape index (κ2) is 4.95. The lowest BCUT2D eigenvalue weighted by Gasteiger charge is -2.18. The first-order chi connectivity index (χ1) is 7.77. The molecule has 0 aliphatic heterocycles. The summed E-state index contributed by atoms with van der Waals surface area (Å²) in [6, 6.07) is -0.0778. The smallest absolute Gasteiger partial charge is 0.330 e. The highest BCUT2D eigenvalue weighted by molar-refractivity contribution is 4.85. The van der Waals surface area contributed by atoms with Crippen LogP contribution in [0.2, 0.25) is 0 Å². The van der Waals surface area contributed by atoms with Crippen molar-refractivity contribution in [1.82, 2.24) is 9.13 Å². The average molecular weight is 251 g/mol. The van der Waals surface area contributed by atoms with Gasteiger partial charge in [-0.1, -0.05) is 0 Å². The minimum absolute atomic E-state index is 0.0778. The molecular formula is C10H16F3N3O. The van der Waals surface area contributed by atoms with Crippen LogP contribution in [0.3, 0.4) is 0 Å². The lowest BCUT2D eigenvalue weighted by molar-refractivity contribution is -0.175. The zero-order valence-corrected chi connectivity index (χ0v) is 9.74. The Kier molecular flexibility index (Phi) is 4.03. The molecule has 0 aliphatic carbocycles. The number of alkyl halides is 3. The molecule has 0 amide bonds. The van der Waals surface area contributed by atoms with Crippen LogP contribution in [0, 0.1) is 5.92 Å². The third-order valence-electron chi connectivity index (χ3n) is 2.59. The summed E-state index contributed by atoms with van der Waals surface area (Å²) in [7, 11) is 0. The van der Waals surface area contributed by atoms with Crippen molar-refractivity contribution in [3.63, 3.8) is 0 Å². The minimum atomic E-state index is -4.38. The zero-order valence-electron chi connectivity index (χ0n) is 9.74. The number of imidazole rings is 1. The maximum atomic E-state index is 12.5. The molecule has 0 saturated carbocycles. The molecule has 1 rings (SSSR count). The van der Waals surface area contributed by atoms with Gasteiger partial charge in [0.05, 0.1) is 5.92 Å². The van der Waals surface area contributed by atoms with E-state index in [0.717, 1.165) is 4.57 Å². The molecule has 2 N–H and O–H groups in total. The standard InChI is InChI=1S/C10H16F3N3O/c1-7(2)16-4-3-15(9(16)17)6-8(5-14)10(11,12)13/h3-4,7-8H,5-6,14H2,1-2H3. The number of hydrogen-bond acceptors (Lipinski definition) is 2. The van der Waals surface area contributed by atoms with Gasteiger partial charge in [0.25, 0.3) is 0 Å². The third-order valence-corrected chi connectivity index (χ3v) is 2.59. The van der Waals surface area contributed by atoms with Crippen molar-refractivity contribution in [2.24, 2.45) is 11.7 Å². The lowest BCUT2D eigenvalue weighted by Crippen LogP contribution is -2.37. The fourth-order valence-corrected chi connectivity index (χ4v) is 1.51. The van der Waals surface area contributed by atoms with Crippen LogP contribution in [0.25, 0.3) is 0 Å². The molecule has 0 fully saturated rings. The van der Waals surface area contributed by atoms with Crippen molar-refractivity contribution in [3.8, 4) is 0 Å². The zero-order chi connectivity index (χ0) is 13.2. The first-order valence-corrected chi connectivity index (χ1v) is 5.31. The van der Waals surface area contributed by atoms with E-state index in [2.05, 4.69) is 0 Å². The number of nitrogens with two attached hydrogens (primary N) is 1. The summed E-state index contributed by atoms with van der Waals surface area (Å²) < 4.78 is 39.9. The van der Waals surface area contributed by atoms with Crippen LogP contribution in [0.5, 0.6) is 0 Å². The molecule has 1 aromatic rings. The molecule has 0 aromatic carbocycles. The van der Waals surface area contributed by atoms with Gasteiger partial charge in [-0.15, -0.1) is 0 Å². The van der Waals surface area contributed by atoms with Gasteiger partial charge >= 0.3 is 11.9 Å². The quantitative estimate of drug-likeness (QED) is 0.878. The second-order valence-corrected chi connectivity index (χ2v) is 4.21. The highest BCUT2D eigenvalue weighted by Crippen LogP contribution is 2.26. The molecule has 0 radical (unpaired) electrons. The number of halogens is 3. The highest BCUT2D eigenvalue weighted by Gasteiger charge is 2.38. The first kappa shape index (κ1) is 13.8. The Hall–Kier alpha value is -1.24. The van der Waals surface area contributed by atoms with Gasteiger partial charge in [-0.3, -0.25) is 9.13 Å². The summed E-state index contributed by atoms with van der Waals surface area (Å²) in [5, 5.41) is 0. The first-order valence-electron chi connectivity index (χ1n) is 5.31. The molecule has 17 heavy (non-hydrogen) atoms. The van der Waals surface area contributed by atoms with Gasteiger partial charge in [0, 0.05) is 31.5 Å². The third kappa shape index (κ3) is 3.12. The molecule has 0 aliphatic rings. The fourth-order valence-electron chi connectivity index (χ4n) is 1.51. The van der Waals surface area contributed by atoms with Crippen LogP contribution < -0.4 is 11.4 Å². The summed E-state index contributed by atoms with van der Waals surface area (Å²) in [4.78, 5) is 11.7. The van der Waals surface area contributed by atoms with Gasteiger partial charge in [0.1, 0.15) is 0 Å². The van der Waals surface area contributed by atoms with Crippen molar-refractivity contribution in [1.29, 1.82) is 0 Å². The van der Waals surface area contributed by atoms with Crippen molar-refractivity contribution < 1.29 is 13.2 Å². The van der Waals surface area contributed by atoms with Crippen molar-refractivity contribution in [2.75, 3.05) is 6.54 Å². The second-order valence-electron chi connectivity index (χ2n) is 4.21. The molecule has 4 nitrogen and oxygen atoms in total. The Balaban J connectivity index is 2.92. The molecule has 98 valence electrons. The van der Waals surface area contributed by atoms with Crippen LogP contribution in [-0.2, 0) is 6.54 Å². The van der Waals surface area contributed by atoms with Crippen molar-refractivity contribution >= 4 is 0 Å². The van der Waals surface area contributed by atoms with Crippen molar-refractivity contribution in [3.05, 3.63) is 22.9 Å². The van der Waals surface area contributed by atoms with E-state index in [0.29, 0.717) is 0 Å². The maximum Gasteiger partial charge on any atom is 0.394 e. The Morgan fingerprint density at radius 2 is 1.94 bits per heavy atom. The molecule has 0 spiro atoms. The molecular weight excluding hydrogens is 235 g/mol. The molecule has 1 atom stereocenters. The number of hydrogen-bond donors (Lipinski definition) is 1. The van der Waals surface area contributed by atoms with Gasteiger partial charge in [0.15, 0.2) is 0 Å². The van der Waals surface area contributed by atoms with Gasteiger partial charge in [-0.2, -0.15) is 13.2 Å². The van der Waals surface area contributed by atoms with Gasteiger partial charge in [-0.25, -0.2) is 4.79 Å². The summed E-state index contributed by atoms with van der Waals surface area (Å²) in [6.07, 6.45) is -1.54. The normalized spacial score (nSPS) is 14.3. The Morgan fingerprint density at radius 3 is 2.29 bits per heavy atom. The molecule has 1 unspecified atom stereocenters. The van der Waals surface area contributed by atoms with E-state index < -0.39 is 30.9 Å². The van der Waals surface area contributed by atoms with E-state index in [1.165, 1.54) is 17.0 Å². The van der Waals surface area contributed by atoms with Gasteiger partial charge in [-0.05, 0) is 13.8 Å². The largest absolute Gasteiger partial charge is 0.394 e. The number of aromatic nitrogens is 2. The average Bonchev–Trinajstić information content (AvgIpc) is 2.54. The van der Waals surface area contributed by atoms with E-state index in [4.69, 9.17) is 5.73 Å². The Morgan fingerprint density at radius 1 is 1.35 bits per heavy atom. The maximum absolute atomic E-state index is 12.5. The molecule has 0 bridgehead atoms. The van der Waals surface area contributed by atoms with Crippen LogP contribution in [0.1, 0.15) is 19.9 Å². The number of rotatable bonds is 4. The molecule has 7 heteroatoms. The van der Waals surface area contributed by atoms with Crippen LogP contribution in [0.15, 0.2) is 17.2 Å². The SMILES string of the molecule is CC(C)n1ccn(CC(CN)C(F)(F)F)c1=O. The predicted octanol–water partition coefficient (Wildman–Crippen LogP) is 1.37. The topological polar surface area (TPSA) is 52.9 Å². The minimum Gasteiger partial charge on any atom is -0.330 e. The van der Waals surface area contributed by atoms with E-state index in [1.807, 2.05) is 0 Å². The van der Waals surface area contributed by atoms with E-state index in [9.17, 15) is 18.0 Å². The summed E-state index contributed by atoms with van der Waals surface area (Å²) >= 11 is 0. The molecule has 0 saturated heterocycles. The van der Waals surface area contributed by atoms with Crippen LogP contribution in [-0.4, -0.2) is 21.9 Å². The predicted molar refractivity (Wildman–Crippen MR) is 57.7 cm³/mol. The summed E-state index contributed by atoms with van der Waals surface area (Å²) in [5.74, 6) is -1.69. The van der Waals surface area contributed by atoms with Crippen LogP contribution >= 0.6 is 0 Å². The highest BCUT2D eigenvalue weighted by atomic mass is 19.4. The molecule has 1 heterocycles. The van der Waals surface area contributed by atoms with Gasteiger partial charge in [0.2, 0.25) is 0 Å². The van der Waals surface area contributed by atoms with Crippen molar-refractivity contribution in [2.45, 2.75) is 32.6 Å². The van der Waals surface area contributed by atoms with E-state index in [1.54, 1.807) is 13.8 Å². The van der Waals surface area contributed by atoms with Crippen LogP contribution in [0.4, 0.5) is 13.2 Å².